The summed E-state index contributed by atoms with van der Waals surface area (Å²) < 4.78 is 11.5. The summed E-state index contributed by atoms with van der Waals surface area (Å²) in [5.41, 5.74) is 1.10. The van der Waals surface area contributed by atoms with Crippen LogP contribution >= 0.6 is 0 Å². The average Bonchev–Trinajstić information content (AvgIpc) is 3.14. The molecule has 2 N–H and O–H groups in total. The second-order valence-corrected chi connectivity index (χ2v) is 7.20. The standard InChI is InChI=1S/C20H34N4O2/c1-16(2)15-25-12-6-11-22-20(21-3)24-14-17-9-10-19(23-13-17)26-18-7-4-5-8-18/h9-10,13,16,18H,4-8,11-12,14-15H2,1-3H3,(H2,21,22,24). The number of pyridine rings is 1. The van der Waals surface area contributed by atoms with Crippen LogP contribution in [0, 0.1) is 5.92 Å². The number of ether oxygens (including phenoxy) is 2. The molecule has 0 bridgehead atoms. The molecule has 1 heterocycles. The number of rotatable bonds is 10. The molecule has 146 valence electrons. The van der Waals surface area contributed by atoms with Crippen molar-refractivity contribution >= 4 is 5.96 Å². The van der Waals surface area contributed by atoms with Crippen LogP contribution in [0.4, 0.5) is 0 Å². The van der Waals surface area contributed by atoms with Gasteiger partial charge in [-0.05, 0) is 43.6 Å². The zero-order valence-electron chi connectivity index (χ0n) is 16.5. The summed E-state index contributed by atoms with van der Waals surface area (Å²) >= 11 is 0. The summed E-state index contributed by atoms with van der Waals surface area (Å²) in [5.74, 6) is 2.10. The zero-order valence-corrected chi connectivity index (χ0v) is 16.5. The molecule has 0 spiro atoms. The predicted octanol–water partition coefficient (Wildman–Crippen LogP) is 3.13. The molecule has 6 heteroatoms. The zero-order chi connectivity index (χ0) is 18.6. The third-order valence-electron chi connectivity index (χ3n) is 4.28. The third kappa shape index (κ3) is 8.04. The van der Waals surface area contributed by atoms with Gasteiger partial charge in [0.15, 0.2) is 5.96 Å². The van der Waals surface area contributed by atoms with E-state index in [1.165, 1.54) is 12.8 Å². The van der Waals surface area contributed by atoms with Crippen LogP contribution in [0.5, 0.6) is 5.88 Å². The van der Waals surface area contributed by atoms with Crippen molar-refractivity contribution in [1.82, 2.24) is 15.6 Å². The fraction of sp³-hybridized carbons (Fsp3) is 0.700. The smallest absolute Gasteiger partial charge is 0.213 e. The Morgan fingerprint density at radius 1 is 1.27 bits per heavy atom. The molecule has 1 saturated carbocycles. The van der Waals surface area contributed by atoms with Crippen molar-refractivity contribution in [3.8, 4) is 5.88 Å². The van der Waals surface area contributed by atoms with Crippen LogP contribution in [0.25, 0.3) is 0 Å². The minimum atomic E-state index is 0.346. The van der Waals surface area contributed by atoms with Crippen LogP contribution in [0.1, 0.15) is 51.5 Å². The Bertz CT molecular complexity index is 525. The fourth-order valence-corrected chi connectivity index (χ4v) is 2.87. The fourth-order valence-electron chi connectivity index (χ4n) is 2.87. The lowest BCUT2D eigenvalue weighted by molar-refractivity contribution is 0.108. The minimum absolute atomic E-state index is 0.346. The Morgan fingerprint density at radius 3 is 2.73 bits per heavy atom. The number of nitrogens with one attached hydrogen (secondary N) is 2. The number of nitrogens with zero attached hydrogens (tertiary/aromatic N) is 2. The maximum Gasteiger partial charge on any atom is 0.213 e. The van der Waals surface area contributed by atoms with Crippen molar-refractivity contribution < 1.29 is 9.47 Å². The molecule has 1 aromatic heterocycles. The van der Waals surface area contributed by atoms with Gasteiger partial charge in [-0.1, -0.05) is 19.9 Å². The van der Waals surface area contributed by atoms with E-state index in [0.29, 0.717) is 18.6 Å². The largest absolute Gasteiger partial charge is 0.474 e. The first-order valence-electron chi connectivity index (χ1n) is 9.81. The van der Waals surface area contributed by atoms with Gasteiger partial charge in [0.05, 0.1) is 0 Å². The second-order valence-electron chi connectivity index (χ2n) is 7.20. The maximum atomic E-state index is 5.90. The van der Waals surface area contributed by atoms with E-state index < -0.39 is 0 Å². The van der Waals surface area contributed by atoms with Gasteiger partial charge in [-0.2, -0.15) is 0 Å². The van der Waals surface area contributed by atoms with Gasteiger partial charge in [-0.3, -0.25) is 4.99 Å². The van der Waals surface area contributed by atoms with Crippen molar-refractivity contribution in [2.45, 2.75) is 58.6 Å². The molecule has 1 aliphatic carbocycles. The highest BCUT2D eigenvalue weighted by Crippen LogP contribution is 2.22. The Balaban J connectivity index is 1.62. The number of hydrogen-bond donors (Lipinski definition) is 2. The molecule has 0 atom stereocenters. The lowest BCUT2D eigenvalue weighted by Gasteiger charge is -2.14. The molecule has 0 aromatic carbocycles. The van der Waals surface area contributed by atoms with Gasteiger partial charge >= 0.3 is 0 Å². The van der Waals surface area contributed by atoms with E-state index in [9.17, 15) is 0 Å². The van der Waals surface area contributed by atoms with Gasteiger partial charge in [-0.15, -0.1) is 0 Å². The number of aliphatic imine (C=N–C) groups is 1. The third-order valence-corrected chi connectivity index (χ3v) is 4.28. The van der Waals surface area contributed by atoms with Gasteiger partial charge in [0.1, 0.15) is 6.10 Å². The molecule has 2 rings (SSSR count). The number of aromatic nitrogens is 1. The van der Waals surface area contributed by atoms with Crippen LogP contribution in [-0.4, -0.2) is 43.9 Å². The molecule has 6 nitrogen and oxygen atoms in total. The summed E-state index contributed by atoms with van der Waals surface area (Å²) in [5, 5.41) is 6.61. The lowest BCUT2D eigenvalue weighted by Crippen LogP contribution is -2.37. The predicted molar refractivity (Wildman–Crippen MR) is 106 cm³/mol. The van der Waals surface area contributed by atoms with E-state index in [4.69, 9.17) is 9.47 Å². The normalized spacial score (nSPS) is 15.5. The second kappa shape index (κ2) is 11.7. The summed E-state index contributed by atoms with van der Waals surface area (Å²) in [6, 6.07) is 4.01. The van der Waals surface area contributed by atoms with Crippen LogP contribution in [0.15, 0.2) is 23.3 Å². The number of hydrogen-bond acceptors (Lipinski definition) is 4. The highest BCUT2D eigenvalue weighted by Gasteiger charge is 2.16. The first-order chi connectivity index (χ1) is 12.7. The van der Waals surface area contributed by atoms with Crippen LogP contribution in [0.2, 0.25) is 0 Å². The Hall–Kier alpha value is -1.82. The van der Waals surface area contributed by atoms with E-state index in [2.05, 4.69) is 40.5 Å². The molecule has 1 aliphatic rings. The average molecular weight is 363 g/mol. The van der Waals surface area contributed by atoms with Crippen LogP contribution in [0.3, 0.4) is 0 Å². The van der Waals surface area contributed by atoms with Crippen molar-refractivity contribution in [3.63, 3.8) is 0 Å². The Labute approximate surface area is 157 Å². The molecule has 0 saturated heterocycles. The summed E-state index contributed by atoms with van der Waals surface area (Å²) in [6.45, 7) is 7.43. The highest BCUT2D eigenvalue weighted by molar-refractivity contribution is 5.79. The Kier molecular flexibility index (Phi) is 9.24. The molecule has 0 radical (unpaired) electrons. The molecule has 26 heavy (non-hydrogen) atoms. The van der Waals surface area contributed by atoms with Gasteiger partial charge in [0.25, 0.3) is 0 Å². The first-order valence-corrected chi connectivity index (χ1v) is 9.81. The summed E-state index contributed by atoms with van der Waals surface area (Å²) in [4.78, 5) is 8.66. The SMILES string of the molecule is CN=C(NCCCOCC(C)C)NCc1ccc(OC2CCCC2)nc1. The first kappa shape index (κ1) is 20.5. The van der Waals surface area contributed by atoms with Gasteiger partial charge < -0.3 is 20.1 Å². The van der Waals surface area contributed by atoms with E-state index in [0.717, 1.165) is 56.4 Å². The van der Waals surface area contributed by atoms with E-state index in [-0.39, 0.29) is 0 Å². The van der Waals surface area contributed by atoms with E-state index in [1.54, 1.807) is 7.05 Å². The van der Waals surface area contributed by atoms with Crippen molar-refractivity contribution in [1.29, 1.82) is 0 Å². The minimum Gasteiger partial charge on any atom is -0.474 e. The van der Waals surface area contributed by atoms with Crippen molar-refractivity contribution in [2.75, 3.05) is 26.8 Å². The molecule has 1 aromatic rings. The number of guanidine groups is 1. The maximum absolute atomic E-state index is 5.90. The van der Waals surface area contributed by atoms with Crippen molar-refractivity contribution in [2.24, 2.45) is 10.9 Å². The van der Waals surface area contributed by atoms with Gasteiger partial charge in [0.2, 0.25) is 5.88 Å². The topological polar surface area (TPSA) is 67.8 Å². The van der Waals surface area contributed by atoms with Gasteiger partial charge in [0, 0.05) is 45.6 Å². The monoisotopic (exact) mass is 362 g/mol. The van der Waals surface area contributed by atoms with Gasteiger partial charge in [-0.25, -0.2) is 4.98 Å². The van der Waals surface area contributed by atoms with E-state index >= 15 is 0 Å². The molecular weight excluding hydrogens is 328 g/mol. The van der Waals surface area contributed by atoms with E-state index in [1.807, 2.05) is 12.3 Å². The Morgan fingerprint density at radius 2 is 2.08 bits per heavy atom. The molecule has 0 amide bonds. The molecule has 1 fully saturated rings. The highest BCUT2D eigenvalue weighted by atomic mass is 16.5. The summed E-state index contributed by atoms with van der Waals surface area (Å²) in [6.07, 6.45) is 8.00. The van der Waals surface area contributed by atoms with Crippen molar-refractivity contribution in [3.05, 3.63) is 23.9 Å². The van der Waals surface area contributed by atoms with Crippen LogP contribution in [-0.2, 0) is 11.3 Å². The molecule has 0 aliphatic heterocycles. The summed E-state index contributed by atoms with van der Waals surface area (Å²) in [7, 11) is 1.78. The molecular formula is C20H34N4O2. The van der Waals surface area contributed by atoms with Crippen LogP contribution < -0.4 is 15.4 Å². The molecule has 0 unspecified atom stereocenters. The lowest BCUT2D eigenvalue weighted by atomic mass is 10.2. The quantitative estimate of drug-likeness (QED) is 0.380.